The Balaban J connectivity index is 0.000000228. The van der Waals surface area contributed by atoms with Crippen molar-refractivity contribution < 1.29 is 64.6 Å². The van der Waals surface area contributed by atoms with Gasteiger partial charge in [-0.15, -0.1) is 0 Å². The van der Waals surface area contributed by atoms with Gasteiger partial charge in [0.1, 0.15) is 72.7 Å². The van der Waals surface area contributed by atoms with Gasteiger partial charge in [0.25, 0.3) is 5.91 Å². The number of aryl methyl sites for hydroxylation is 2. The van der Waals surface area contributed by atoms with Crippen LogP contribution in [0.15, 0.2) is 109 Å². The molecule has 6 rings (SSSR count). The minimum atomic E-state index is -1.78. The summed E-state index contributed by atoms with van der Waals surface area (Å²) >= 11 is 0. The summed E-state index contributed by atoms with van der Waals surface area (Å²) in [6, 6.07) is 34.7. The first kappa shape index (κ1) is 46.6. The number of nitrogens with zero attached hydrogens (tertiary/aromatic N) is 2. The van der Waals surface area contributed by atoms with Gasteiger partial charge in [-0.1, -0.05) is 96.1 Å². The predicted molar refractivity (Wildman–Crippen MR) is 220 cm³/mol. The highest BCUT2D eigenvalue weighted by atomic mass is 16.6. The molecule has 2 saturated heterocycles. The number of amides is 1. The number of hydrogen-bond acceptors (Lipinski definition) is 14. The van der Waals surface area contributed by atoms with Crippen molar-refractivity contribution in [3.05, 3.63) is 131 Å². The van der Waals surface area contributed by atoms with Crippen molar-refractivity contribution in [3.63, 3.8) is 0 Å². The number of rotatable bonds is 14. The fraction of sp³-hybridized carbons (Fsp3) is 0.444. The van der Waals surface area contributed by atoms with E-state index in [2.05, 4.69) is 0 Å². The number of aliphatic hydroxyl groups is 8. The summed E-state index contributed by atoms with van der Waals surface area (Å²) in [6.07, 6.45) is -14.3. The Kier molecular flexibility index (Phi) is 17.0. The minimum Gasteiger partial charge on any atom is -0.486 e. The van der Waals surface area contributed by atoms with Crippen LogP contribution < -0.4 is 9.47 Å². The van der Waals surface area contributed by atoms with Crippen LogP contribution in [-0.4, -0.2) is 152 Å². The maximum Gasteiger partial charge on any atom is 0.254 e. The van der Waals surface area contributed by atoms with Crippen LogP contribution in [0.3, 0.4) is 0 Å². The predicted octanol–water partition coefficient (Wildman–Crippen LogP) is 1.61. The van der Waals surface area contributed by atoms with Crippen LogP contribution in [0.5, 0.6) is 11.5 Å². The van der Waals surface area contributed by atoms with Crippen LogP contribution in [0.1, 0.15) is 40.9 Å². The molecule has 4 aromatic carbocycles. The quantitative estimate of drug-likeness (QED) is 0.0905. The zero-order valence-electron chi connectivity index (χ0n) is 34.2. The maximum absolute atomic E-state index is 12.9. The first-order chi connectivity index (χ1) is 28.7. The van der Waals surface area contributed by atoms with E-state index < -0.39 is 80.0 Å². The van der Waals surface area contributed by atoms with Crippen molar-refractivity contribution in [2.24, 2.45) is 0 Å². The highest BCUT2D eigenvalue weighted by molar-refractivity contribution is 5.81. The van der Waals surface area contributed by atoms with Crippen LogP contribution in [0, 0.1) is 13.8 Å². The van der Waals surface area contributed by atoms with Crippen LogP contribution in [0.2, 0.25) is 0 Å². The van der Waals surface area contributed by atoms with E-state index in [0.29, 0.717) is 18.7 Å². The van der Waals surface area contributed by atoms with Crippen LogP contribution in [-0.2, 0) is 14.3 Å². The lowest BCUT2D eigenvalue weighted by molar-refractivity contribution is -0.277. The van der Waals surface area contributed by atoms with Crippen molar-refractivity contribution in [1.29, 1.82) is 0 Å². The molecule has 4 aromatic rings. The fourth-order valence-corrected chi connectivity index (χ4v) is 6.92. The van der Waals surface area contributed by atoms with Gasteiger partial charge in [0.15, 0.2) is 12.4 Å². The van der Waals surface area contributed by atoms with E-state index in [1.807, 2.05) is 123 Å². The first-order valence-electron chi connectivity index (χ1n) is 19.9. The number of ether oxygens (including phenoxy) is 4. The standard InChI is InChI=1S/C23H31NO6.C22H27NO7/c1-15-8-10-17(11-9-15)29-18(16-6-4-3-5-7-16)12-13-24(2)23-22(28)21(27)20(26)19(14-25)30-23;1-13-8-10-15(11-9-13)29-16(14-6-4-3-5-7-14)12-23(2)21(27)20-18(25)17(24)19(26)22(28)30-20/h3-11,18-23,25-28H,12-14H2,1-2H3;3-11,16-20,22,24-26,28H,12H2,1-2H3. The third-order valence-electron chi connectivity index (χ3n) is 10.6. The van der Waals surface area contributed by atoms with Crippen LogP contribution in [0.4, 0.5) is 0 Å². The van der Waals surface area contributed by atoms with Gasteiger partial charge >= 0.3 is 0 Å². The topological polar surface area (TPSA) is 222 Å². The van der Waals surface area contributed by atoms with Crippen molar-refractivity contribution in [3.8, 4) is 11.5 Å². The summed E-state index contributed by atoms with van der Waals surface area (Å²) in [5, 5.41) is 79.1. The molecule has 0 saturated carbocycles. The molecule has 0 spiro atoms. The summed E-state index contributed by atoms with van der Waals surface area (Å²) in [6.45, 7) is 4.17. The summed E-state index contributed by atoms with van der Waals surface area (Å²) in [5.41, 5.74) is 4.12. The van der Waals surface area contributed by atoms with Gasteiger partial charge in [0, 0.05) is 20.0 Å². The lowest BCUT2D eigenvalue weighted by atomic mass is 9.97. The molecule has 15 heteroatoms. The van der Waals surface area contributed by atoms with Gasteiger partial charge in [0.2, 0.25) is 0 Å². The van der Waals surface area contributed by atoms with Gasteiger partial charge in [-0.3, -0.25) is 9.69 Å². The molecule has 2 fully saturated rings. The summed E-state index contributed by atoms with van der Waals surface area (Å²) in [7, 11) is 3.28. The molecule has 0 radical (unpaired) electrons. The Labute approximate surface area is 350 Å². The molecule has 2 heterocycles. The Morgan fingerprint density at radius 2 is 1.10 bits per heavy atom. The van der Waals surface area contributed by atoms with Crippen molar-refractivity contribution in [1.82, 2.24) is 9.80 Å². The number of likely N-dealkylation sites (N-methyl/N-ethyl adjacent to an activating group) is 2. The van der Waals surface area contributed by atoms with Gasteiger partial charge in [-0.05, 0) is 56.3 Å². The van der Waals surface area contributed by atoms with E-state index in [9.17, 15) is 45.6 Å². The molecule has 0 aromatic heterocycles. The molecular formula is C45H58N2O13. The Morgan fingerprint density at radius 1 is 0.617 bits per heavy atom. The number of benzene rings is 4. The SMILES string of the molecule is Cc1ccc(OC(CCN(C)C2OC(CO)C(O)C(O)C2O)c2ccccc2)cc1.Cc1ccc(OC(CN(C)C(=O)C2OC(O)C(O)C(O)C2O)c2ccccc2)cc1. The Hall–Kier alpha value is -4.49. The largest absolute Gasteiger partial charge is 0.486 e. The molecule has 0 bridgehead atoms. The summed E-state index contributed by atoms with van der Waals surface area (Å²) in [4.78, 5) is 15.9. The highest BCUT2D eigenvalue weighted by Crippen LogP contribution is 2.29. The molecule has 2 aliphatic heterocycles. The maximum atomic E-state index is 12.9. The molecule has 2 aliphatic rings. The number of hydrogen-bond donors (Lipinski definition) is 8. The molecule has 326 valence electrons. The van der Waals surface area contributed by atoms with E-state index in [1.165, 1.54) is 11.9 Å². The normalized spacial score (nSPS) is 27.6. The van der Waals surface area contributed by atoms with Crippen LogP contribution >= 0.6 is 0 Å². The number of carbonyl (C=O) groups is 1. The average Bonchev–Trinajstić information content (AvgIpc) is 3.26. The lowest BCUT2D eigenvalue weighted by Crippen LogP contribution is -2.62. The summed E-state index contributed by atoms with van der Waals surface area (Å²) in [5.74, 6) is 0.754. The molecule has 0 aliphatic carbocycles. The number of aliphatic hydroxyl groups excluding tert-OH is 8. The van der Waals surface area contributed by atoms with E-state index in [0.717, 1.165) is 28.0 Å². The third kappa shape index (κ3) is 12.1. The van der Waals surface area contributed by atoms with Gasteiger partial charge in [0.05, 0.1) is 13.2 Å². The van der Waals surface area contributed by atoms with E-state index in [4.69, 9.17) is 18.9 Å². The molecule has 8 N–H and O–H groups in total. The lowest BCUT2D eigenvalue weighted by Gasteiger charge is -2.43. The second-order valence-electron chi connectivity index (χ2n) is 15.3. The second-order valence-corrected chi connectivity index (χ2v) is 15.3. The Morgan fingerprint density at radius 3 is 1.62 bits per heavy atom. The molecule has 12 atom stereocenters. The number of carbonyl (C=O) groups excluding carboxylic acids is 1. The first-order valence-corrected chi connectivity index (χ1v) is 19.9. The average molecular weight is 835 g/mol. The van der Waals surface area contributed by atoms with Gasteiger partial charge in [-0.2, -0.15) is 0 Å². The monoisotopic (exact) mass is 834 g/mol. The zero-order chi connectivity index (χ0) is 43.5. The molecule has 15 nitrogen and oxygen atoms in total. The molecule has 60 heavy (non-hydrogen) atoms. The van der Waals surface area contributed by atoms with E-state index in [1.54, 1.807) is 11.9 Å². The minimum absolute atomic E-state index is 0.123. The van der Waals surface area contributed by atoms with E-state index in [-0.39, 0.29) is 12.6 Å². The summed E-state index contributed by atoms with van der Waals surface area (Å²) < 4.78 is 23.0. The van der Waals surface area contributed by atoms with Gasteiger partial charge < -0.3 is 64.7 Å². The fourth-order valence-electron chi connectivity index (χ4n) is 6.92. The molecule has 1 amide bonds. The van der Waals surface area contributed by atoms with Crippen molar-refractivity contribution in [2.45, 2.75) is 93.8 Å². The van der Waals surface area contributed by atoms with Crippen molar-refractivity contribution in [2.75, 3.05) is 33.8 Å². The van der Waals surface area contributed by atoms with E-state index >= 15 is 0 Å². The second kappa shape index (κ2) is 21.9. The molecular weight excluding hydrogens is 776 g/mol. The Bertz CT molecular complexity index is 1870. The highest BCUT2D eigenvalue weighted by Gasteiger charge is 2.47. The van der Waals surface area contributed by atoms with Crippen LogP contribution in [0.25, 0.3) is 0 Å². The third-order valence-corrected chi connectivity index (χ3v) is 10.6. The zero-order valence-corrected chi connectivity index (χ0v) is 34.2. The smallest absolute Gasteiger partial charge is 0.254 e. The van der Waals surface area contributed by atoms with Crippen molar-refractivity contribution >= 4 is 5.91 Å². The van der Waals surface area contributed by atoms with Gasteiger partial charge in [-0.25, -0.2) is 0 Å². The molecule has 12 unspecified atom stereocenters.